The largest absolute Gasteiger partial charge is 0.497 e. The predicted molar refractivity (Wildman–Crippen MR) is 88.5 cm³/mol. The molecular formula is C17H21N3O4. The second-order valence-corrected chi connectivity index (χ2v) is 5.28. The van der Waals surface area contributed by atoms with Crippen LogP contribution in [0.3, 0.4) is 0 Å². The Bertz CT molecular complexity index is 697. The summed E-state index contributed by atoms with van der Waals surface area (Å²) >= 11 is 0. The number of carbonyl (C=O) groups excluding carboxylic acids is 2. The summed E-state index contributed by atoms with van der Waals surface area (Å²) in [5.74, 6) is 1.10. The molecule has 0 bridgehead atoms. The molecule has 0 radical (unpaired) electrons. The highest BCUT2D eigenvalue weighted by Gasteiger charge is 2.11. The van der Waals surface area contributed by atoms with Crippen LogP contribution in [-0.4, -0.2) is 37.2 Å². The van der Waals surface area contributed by atoms with Gasteiger partial charge in [0.1, 0.15) is 5.75 Å². The van der Waals surface area contributed by atoms with E-state index in [1.165, 1.54) is 6.92 Å². The van der Waals surface area contributed by atoms with Gasteiger partial charge in [0.2, 0.25) is 11.8 Å². The molecule has 0 saturated carbocycles. The minimum atomic E-state index is -0.136. The molecule has 2 aromatic rings. The van der Waals surface area contributed by atoms with Crippen molar-refractivity contribution in [2.45, 2.75) is 19.8 Å². The number of amides is 2. The average molecular weight is 331 g/mol. The lowest BCUT2D eigenvalue weighted by atomic mass is 10.1. The summed E-state index contributed by atoms with van der Waals surface area (Å²) in [4.78, 5) is 22.6. The summed E-state index contributed by atoms with van der Waals surface area (Å²) in [6.07, 6.45) is 0.826. The number of hydrogen-bond acceptors (Lipinski definition) is 5. The van der Waals surface area contributed by atoms with E-state index in [1.807, 2.05) is 24.3 Å². The van der Waals surface area contributed by atoms with Crippen molar-refractivity contribution in [1.82, 2.24) is 15.8 Å². The van der Waals surface area contributed by atoms with Crippen LogP contribution in [0.2, 0.25) is 0 Å². The molecule has 2 N–H and O–H groups in total. The van der Waals surface area contributed by atoms with E-state index in [4.69, 9.17) is 9.26 Å². The number of aromatic nitrogens is 1. The molecule has 0 saturated heterocycles. The zero-order valence-corrected chi connectivity index (χ0v) is 13.8. The first-order chi connectivity index (χ1) is 11.6. The van der Waals surface area contributed by atoms with Gasteiger partial charge in [0.25, 0.3) is 0 Å². The number of benzene rings is 1. The fourth-order valence-corrected chi connectivity index (χ4v) is 2.12. The molecule has 128 valence electrons. The second-order valence-electron chi connectivity index (χ2n) is 5.28. The molecule has 1 heterocycles. The minimum Gasteiger partial charge on any atom is -0.497 e. The number of methoxy groups -OCH3 is 1. The van der Waals surface area contributed by atoms with Crippen LogP contribution in [0.15, 0.2) is 34.9 Å². The van der Waals surface area contributed by atoms with Crippen molar-refractivity contribution in [2.24, 2.45) is 0 Å². The normalized spacial score (nSPS) is 10.2. The van der Waals surface area contributed by atoms with Crippen LogP contribution in [-0.2, 0) is 16.0 Å². The van der Waals surface area contributed by atoms with Gasteiger partial charge in [-0.1, -0.05) is 17.3 Å². The van der Waals surface area contributed by atoms with Gasteiger partial charge in [0.05, 0.1) is 19.2 Å². The average Bonchev–Trinajstić information content (AvgIpc) is 3.02. The Morgan fingerprint density at radius 3 is 2.75 bits per heavy atom. The Morgan fingerprint density at radius 2 is 2.00 bits per heavy atom. The molecule has 24 heavy (non-hydrogen) atoms. The monoisotopic (exact) mass is 331 g/mol. The lowest BCUT2D eigenvalue weighted by Gasteiger charge is -2.04. The molecule has 2 amide bonds. The molecule has 7 heteroatoms. The third-order valence-corrected chi connectivity index (χ3v) is 3.30. The molecule has 2 rings (SSSR count). The number of hydrogen-bond donors (Lipinski definition) is 2. The molecule has 1 aromatic heterocycles. The highest BCUT2D eigenvalue weighted by Crippen LogP contribution is 2.24. The van der Waals surface area contributed by atoms with E-state index in [1.54, 1.807) is 13.2 Å². The van der Waals surface area contributed by atoms with Gasteiger partial charge in [-0.2, -0.15) is 0 Å². The quantitative estimate of drug-likeness (QED) is 0.716. The van der Waals surface area contributed by atoms with Gasteiger partial charge in [-0.3, -0.25) is 9.59 Å². The van der Waals surface area contributed by atoms with Gasteiger partial charge in [-0.05, 0) is 18.6 Å². The number of nitrogens with one attached hydrogen (secondary N) is 2. The van der Waals surface area contributed by atoms with E-state index < -0.39 is 0 Å². The fraction of sp³-hybridized carbons (Fsp3) is 0.353. The number of carbonyl (C=O) groups is 2. The molecule has 0 unspecified atom stereocenters. The SMILES string of the molecule is COc1cccc(-c2cc(CC(=O)NCCCNC(C)=O)no2)c1. The van der Waals surface area contributed by atoms with Crippen molar-refractivity contribution >= 4 is 11.8 Å². The van der Waals surface area contributed by atoms with Crippen LogP contribution in [0, 0.1) is 0 Å². The zero-order valence-electron chi connectivity index (χ0n) is 13.8. The molecule has 0 atom stereocenters. The summed E-state index contributed by atoms with van der Waals surface area (Å²) in [6, 6.07) is 9.17. The van der Waals surface area contributed by atoms with Gasteiger partial charge < -0.3 is 19.9 Å². The highest BCUT2D eigenvalue weighted by atomic mass is 16.5. The van der Waals surface area contributed by atoms with Crippen molar-refractivity contribution in [3.63, 3.8) is 0 Å². The third-order valence-electron chi connectivity index (χ3n) is 3.30. The molecule has 0 aliphatic rings. The minimum absolute atomic E-state index is 0.0750. The van der Waals surface area contributed by atoms with Gasteiger partial charge in [0, 0.05) is 31.6 Å². The van der Waals surface area contributed by atoms with Crippen LogP contribution in [0.4, 0.5) is 0 Å². The highest BCUT2D eigenvalue weighted by molar-refractivity contribution is 5.78. The molecular weight excluding hydrogens is 310 g/mol. The summed E-state index contributed by atoms with van der Waals surface area (Å²) in [5, 5.41) is 9.37. The van der Waals surface area contributed by atoms with Gasteiger partial charge in [0.15, 0.2) is 5.76 Å². The standard InChI is InChI=1S/C17H21N3O4/c1-12(21)18-7-4-8-19-17(22)11-14-10-16(24-20-14)13-5-3-6-15(9-13)23-2/h3,5-6,9-10H,4,7-8,11H2,1-2H3,(H,18,21)(H,19,22). The van der Waals surface area contributed by atoms with Crippen LogP contribution < -0.4 is 15.4 Å². The topological polar surface area (TPSA) is 93.5 Å². The van der Waals surface area contributed by atoms with Gasteiger partial charge >= 0.3 is 0 Å². The fourth-order valence-electron chi connectivity index (χ4n) is 2.12. The molecule has 0 fully saturated rings. The van der Waals surface area contributed by atoms with Crippen LogP contribution in [0.25, 0.3) is 11.3 Å². The lowest BCUT2D eigenvalue weighted by Crippen LogP contribution is -2.29. The Balaban J connectivity index is 1.82. The molecule has 0 aliphatic heterocycles. The maximum absolute atomic E-state index is 11.9. The van der Waals surface area contributed by atoms with Gasteiger partial charge in [-0.15, -0.1) is 0 Å². The molecule has 7 nitrogen and oxygen atoms in total. The Hall–Kier alpha value is -2.83. The van der Waals surface area contributed by atoms with Crippen molar-refractivity contribution in [3.05, 3.63) is 36.0 Å². The zero-order chi connectivity index (χ0) is 17.4. The number of rotatable bonds is 8. The lowest BCUT2D eigenvalue weighted by molar-refractivity contribution is -0.120. The Morgan fingerprint density at radius 1 is 1.21 bits per heavy atom. The van der Waals surface area contributed by atoms with Crippen molar-refractivity contribution in [1.29, 1.82) is 0 Å². The Labute approximate surface area is 140 Å². The molecule has 0 aliphatic carbocycles. The van der Waals surface area contributed by atoms with Crippen molar-refractivity contribution in [2.75, 3.05) is 20.2 Å². The Kier molecular flexibility index (Phi) is 6.36. The van der Waals surface area contributed by atoms with E-state index >= 15 is 0 Å². The predicted octanol–water partition coefficient (Wildman–Crippen LogP) is 1.54. The smallest absolute Gasteiger partial charge is 0.226 e. The first-order valence-electron chi connectivity index (χ1n) is 7.69. The van der Waals surface area contributed by atoms with Crippen LogP contribution in [0.5, 0.6) is 5.75 Å². The summed E-state index contributed by atoms with van der Waals surface area (Å²) in [7, 11) is 1.60. The maximum atomic E-state index is 11.9. The summed E-state index contributed by atoms with van der Waals surface area (Å²) in [6.45, 7) is 2.50. The van der Waals surface area contributed by atoms with E-state index in [2.05, 4.69) is 15.8 Å². The summed E-state index contributed by atoms with van der Waals surface area (Å²) in [5.41, 5.74) is 1.40. The van der Waals surface area contributed by atoms with Crippen LogP contribution >= 0.6 is 0 Å². The van der Waals surface area contributed by atoms with Crippen molar-refractivity contribution in [3.8, 4) is 17.1 Å². The van der Waals surface area contributed by atoms with Gasteiger partial charge in [-0.25, -0.2) is 0 Å². The van der Waals surface area contributed by atoms with E-state index in [0.717, 1.165) is 11.3 Å². The molecule has 1 aromatic carbocycles. The first kappa shape index (κ1) is 17.5. The number of ether oxygens (including phenoxy) is 1. The van der Waals surface area contributed by atoms with E-state index in [9.17, 15) is 9.59 Å². The maximum Gasteiger partial charge on any atom is 0.226 e. The third kappa shape index (κ3) is 5.42. The second kappa shape index (κ2) is 8.71. The van der Waals surface area contributed by atoms with Crippen molar-refractivity contribution < 1.29 is 18.8 Å². The summed E-state index contributed by atoms with van der Waals surface area (Å²) < 4.78 is 10.5. The molecule has 0 spiro atoms. The number of nitrogens with zero attached hydrogens (tertiary/aromatic N) is 1. The first-order valence-corrected chi connectivity index (χ1v) is 7.69. The van der Waals surface area contributed by atoms with E-state index in [0.29, 0.717) is 31.0 Å². The van der Waals surface area contributed by atoms with Crippen LogP contribution in [0.1, 0.15) is 19.0 Å². The van der Waals surface area contributed by atoms with E-state index in [-0.39, 0.29) is 18.2 Å².